The standard InChI is InChI=1S/C13H16F2N2O2/c1-13(2,3)12(19)16-7-10(18)17-11-8(14)5-4-6-9(11)15/h4-6H,7H2,1-3H3,(H,16,19)(H,17,18). The van der Waals surface area contributed by atoms with Crippen LogP contribution in [0, 0.1) is 17.0 Å². The van der Waals surface area contributed by atoms with Crippen LogP contribution in [-0.4, -0.2) is 18.4 Å². The summed E-state index contributed by atoms with van der Waals surface area (Å²) in [5.74, 6) is -2.75. The summed E-state index contributed by atoms with van der Waals surface area (Å²) < 4.78 is 26.5. The van der Waals surface area contributed by atoms with Crippen molar-refractivity contribution in [1.29, 1.82) is 0 Å². The average Bonchev–Trinajstić information content (AvgIpc) is 2.29. The van der Waals surface area contributed by atoms with Crippen LogP contribution in [-0.2, 0) is 9.59 Å². The third-order valence-electron chi connectivity index (χ3n) is 2.32. The van der Waals surface area contributed by atoms with Gasteiger partial charge in [0.1, 0.15) is 17.3 Å². The lowest BCUT2D eigenvalue weighted by Crippen LogP contribution is -2.39. The molecule has 2 amide bonds. The molecule has 0 saturated heterocycles. The molecule has 1 aromatic carbocycles. The summed E-state index contributed by atoms with van der Waals surface area (Å²) in [4.78, 5) is 23.0. The lowest BCUT2D eigenvalue weighted by molar-refractivity contribution is -0.130. The molecule has 0 saturated carbocycles. The van der Waals surface area contributed by atoms with E-state index in [-0.39, 0.29) is 12.5 Å². The number of halogens is 2. The smallest absolute Gasteiger partial charge is 0.243 e. The van der Waals surface area contributed by atoms with Crippen molar-refractivity contribution in [2.45, 2.75) is 20.8 Å². The summed E-state index contributed by atoms with van der Waals surface area (Å²) >= 11 is 0. The van der Waals surface area contributed by atoms with Gasteiger partial charge in [-0.3, -0.25) is 9.59 Å². The maximum Gasteiger partial charge on any atom is 0.243 e. The molecule has 0 aromatic heterocycles. The predicted molar refractivity (Wildman–Crippen MR) is 67.5 cm³/mol. The van der Waals surface area contributed by atoms with Gasteiger partial charge in [-0.15, -0.1) is 0 Å². The van der Waals surface area contributed by atoms with Gasteiger partial charge in [-0.2, -0.15) is 0 Å². The van der Waals surface area contributed by atoms with E-state index < -0.39 is 28.6 Å². The molecular weight excluding hydrogens is 254 g/mol. The van der Waals surface area contributed by atoms with Crippen LogP contribution in [0.4, 0.5) is 14.5 Å². The minimum atomic E-state index is -0.865. The molecule has 0 radical (unpaired) electrons. The fourth-order valence-corrected chi connectivity index (χ4v) is 1.23. The second kappa shape index (κ2) is 5.77. The van der Waals surface area contributed by atoms with Crippen LogP contribution in [0.2, 0.25) is 0 Å². The average molecular weight is 270 g/mol. The van der Waals surface area contributed by atoms with Gasteiger partial charge < -0.3 is 10.6 Å². The number of carbonyl (C=O) groups excluding carboxylic acids is 2. The van der Waals surface area contributed by atoms with Crippen molar-refractivity contribution in [3.8, 4) is 0 Å². The zero-order valence-corrected chi connectivity index (χ0v) is 11.0. The van der Waals surface area contributed by atoms with Gasteiger partial charge in [0.15, 0.2) is 0 Å². The Morgan fingerprint density at radius 2 is 1.68 bits per heavy atom. The topological polar surface area (TPSA) is 58.2 Å². The van der Waals surface area contributed by atoms with Gasteiger partial charge in [0.2, 0.25) is 11.8 Å². The highest BCUT2D eigenvalue weighted by atomic mass is 19.1. The molecule has 0 spiro atoms. The van der Waals surface area contributed by atoms with E-state index >= 15 is 0 Å². The summed E-state index contributed by atoms with van der Waals surface area (Å²) in [6, 6.07) is 3.26. The number of carbonyl (C=O) groups is 2. The molecule has 1 aromatic rings. The Morgan fingerprint density at radius 1 is 1.16 bits per heavy atom. The van der Waals surface area contributed by atoms with Crippen LogP contribution in [0.5, 0.6) is 0 Å². The van der Waals surface area contributed by atoms with Crippen LogP contribution < -0.4 is 10.6 Å². The summed E-state index contributed by atoms with van der Waals surface area (Å²) in [7, 11) is 0. The van der Waals surface area contributed by atoms with Crippen LogP contribution in [0.1, 0.15) is 20.8 Å². The number of para-hydroxylation sites is 1. The van der Waals surface area contributed by atoms with Gasteiger partial charge in [0.25, 0.3) is 0 Å². The first-order chi connectivity index (χ1) is 8.71. The number of hydrogen-bond acceptors (Lipinski definition) is 2. The molecule has 0 heterocycles. The molecule has 0 aliphatic rings. The first-order valence-corrected chi connectivity index (χ1v) is 5.74. The molecule has 0 unspecified atom stereocenters. The summed E-state index contributed by atoms with van der Waals surface area (Å²) in [5.41, 5.74) is -1.15. The second-order valence-corrected chi connectivity index (χ2v) is 5.08. The highest BCUT2D eigenvalue weighted by Crippen LogP contribution is 2.17. The van der Waals surface area contributed by atoms with Gasteiger partial charge in [-0.05, 0) is 12.1 Å². The van der Waals surface area contributed by atoms with Gasteiger partial charge in [0, 0.05) is 5.41 Å². The number of amides is 2. The monoisotopic (exact) mass is 270 g/mol. The zero-order valence-electron chi connectivity index (χ0n) is 11.0. The van der Waals surface area contributed by atoms with Crippen molar-refractivity contribution in [3.05, 3.63) is 29.8 Å². The number of anilines is 1. The Bertz CT molecular complexity index is 476. The molecular formula is C13H16F2N2O2. The van der Waals surface area contributed by atoms with E-state index in [1.54, 1.807) is 20.8 Å². The van der Waals surface area contributed by atoms with Crippen molar-refractivity contribution in [2.75, 3.05) is 11.9 Å². The van der Waals surface area contributed by atoms with E-state index in [1.165, 1.54) is 6.07 Å². The molecule has 0 aliphatic carbocycles. The van der Waals surface area contributed by atoms with E-state index in [4.69, 9.17) is 0 Å². The van der Waals surface area contributed by atoms with Crippen molar-refractivity contribution < 1.29 is 18.4 Å². The largest absolute Gasteiger partial charge is 0.347 e. The summed E-state index contributed by atoms with van der Waals surface area (Å²) in [6.07, 6.45) is 0. The molecule has 0 atom stereocenters. The molecule has 2 N–H and O–H groups in total. The van der Waals surface area contributed by atoms with Crippen LogP contribution in [0.3, 0.4) is 0 Å². The predicted octanol–water partition coefficient (Wildman–Crippen LogP) is 2.07. The molecule has 4 nitrogen and oxygen atoms in total. The van der Waals surface area contributed by atoms with Crippen LogP contribution in [0.15, 0.2) is 18.2 Å². The van der Waals surface area contributed by atoms with Crippen molar-refractivity contribution >= 4 is 17.5 Å². The number of benzene rings is 1. The molecule has 104 valence electrons. The first-order valence-electron chi connectivity index (χ1n) is 5.74. The Labute approximate surface area is 110 Å². The summed E-state index contributed by atoms with van der Waals surface area (Å²) in [6.45, 7) is 4.73. The highest BCUT2D eigenvalue weighted by molar-refractivity contribution is 5.95. The quantitative estimate of drug-likeness (QED) is 0.883. The maximum atomic E-state index is 13.3. The van der Waals surface area contributed by atoms with E-state index in [0.717, 1.165) is 12.1 Å². The van der Waals surface area contributed by atoms with Crippen molar-refractivity contribution in [3.63, 3.8) is 0 Å². The summed E-state index contributed by atoms with van der Waals surface area (Å²) in [5, 5.41) is 4.47. The minimum absolute atomic E-state index is 0.323. The Balaban J connectivity index is 2.60. The lowest BCUT2D eigenvalue weighted by Gasteiger charge is -2.17. The molecule has 1 rings (SSSR count). The van der Waals surface area contributed by atoms with E-state index in [0.29, 0.717) is 0 Å². The SMILES string of the molecule is CC(C)(C)C(=O)NCC(=O)Nc1c(F)cccc1F. The Kier molecular flexibility index (Phi) is 4.58. The number of rotatable bonds is 3. The Morgan fingerprint density at radius 3 is 2.16 bits per heavy atom. The maximum absolute atomic E-state index is 13.3. The van der Waals surface area contributed by atoms with Crippen molar-refractivity contribution in [2.24, 2.45) is 5.41 Å². The highest BCUT2D eigenvalue weighted by Gasteiger charge is 2.21. The van der Waals surface area contributed by atoms with Gasteiger partial charge >= 0.3 is 0 Å². The number of hydrogen-bond donors (Lipinski definition) is 2. The van der Waals surface area contributed by atoms with E-state index in [1.807, 2.05) is 0 Å². The van der Waals surface area contributed by atoms with Crippen molar-refractivity contribution in [1.82, 2.24) is 5.32 Å². The van der Waals surface area contributed by atoms with Crippen LogP contribution >= 0.6 is 0 Å². The fourth-order valence-electron chi connectivity index (χ4n) is 1.23. The molecule has 0 bridgehead atoms. The third-order valence-corrected chi connectivity index (χ3v) is 2.32. The molecule has 0 aliphatic heterocycles. The van der Waals surface area contributed by atoms with Gasteiger partial charge in [0.05, 0.1) is 6.54 Å². The molecule has 0 fully saturated rings. The van der Waals surface area contributed by atoms with E-state index in [2.05, 4.69) is 10.6 Å². The van der Waals surface area contributed by atoms with Gasteiger partial charge in [-0.25, -0.2) is 8.78 Å². The normalized spacial score (nSPS) is 11.0. The molecule has 19 heavy (non-hydrogen) atoms. The number of nitrogens with one attached hydrogen (secondary N) is 2. The Hall–Kier alpha value is -1.98. The van der Waals surface area contributed by atoms with Gasteiger partial charge in [-0.1, -0.05) is 26.8 Å². The minimum Gasteiger partial charge on any atom is -0.347 e. The third kappa shape index (κ3) is 4.31. The molecule has 6 heteroatoms. The zero-order chi connectivity index (χ0) is 14.6. The first kappa shape index (κ1) is 15.1. The fraction of sp³-hybridized carbons (Fsp3) is 0.385. The second-order valence-electron chi connectivity index (χ2n) is 5.08. The van der Waals surface area contributed by atoms with E-state index in [9.17, 15) is 18.4 Å². The lowest BCUT2D eigenvalue weighted by atomic mass is 9.96. The van der Waals surface area contributed by atoms with Crippen LogP contribution in [0.25, 0.3) is 0 Å².